The van der Waals surface area contributed by atoms with E-state index in [1.165, 1.54) is 64.2 Å². The van der Waals surface area contributed by atoms with Crippen molar-refractivity contribution in [3.63, 3.8) is 0 Å². The summed E-state index contributed by atoms with van der Waals surface area (Å²) in [6.07, 6.45) is 13.7. The SMILES string of the molecule is ClC1(CC2(Cl)CCCCC2)CCCCC1. The third kappa shape index (κ3) is 3.27. The molecule has 0 amide bonds. The molecule has 0 heterocycles. The van der Waals surface area contributed by atoms with Crippen molar-refractivity contribution in [2.45, 2.75) is 80.4 Å². The van der Waals surface area contributed by atoms with Crippen molar-refractivity contribution in [2.24, 2.45) is 0 Å². The molecule has 2 heteroatoms. The molecule has 2 saturated carbocycles. The van der Waals surface area contributed by atoms with Crippen LogP contribution >= 0.6 is 23.2 Å². The van der Waals surface area contributed by atoms with Crippen molar-refractivity contribution in [1.29, 1.82) is 0 Å². The van der Waals surface area contributed by atoms with Crippen molar-refractivity contribution in [2.75, 3.05) is 0 Å². The van der Waals surface area contributed by atoms with Gasteiger partial charge in [0, 0.05) is 9.75 Å². The van der Waals surface area contributed by atoms with E-state index < -0.39 is 0 Å². The summed E-state index contributed by atoms with van der Waals surface area (Å²) in [5, 5.41) is 0. The second-order valence-electron chi connectivity index (χ2n) is 5.60. The van der Waals surface area contributed by atoms with Crippen LogP contribution in [-0.4, -0.2) is 9.75 Å². The molecule has 0 spiro atoms. The van der Waals surface area contributed by atoms with E-state index >= 15 is 0 Å². The maximum absolute atomic E-state index is 6.71. The van der Waals surface area contributed by atoms with Gasteiger partial charge in [-0.1, -0.05) is 38.5 Å². The number of rotatable bonds is 2. The van der Waals surface area contributed by atoms with E-state index in [1.807, 2.05) is 0 Å². The van der Waals surface area contributed by atoms with Crippen molar-refractivity contribution < 1.29 is 0 Å². The fourth-order valence-electron chi connectivity index (χ4n) is 3.29. The summed E-state index contributed by atoms with van der Waals surface area (Å²) in [5.41, 5.74) is 0. The third-order valence-corrected chi connectivity index (χ3v) is 5.16. The largest absolute Gasteiger partial charge is 0.119 e. The number of hydrogen-bond donors (Lipinski definition) is 0. The highest BCUT2D eigenvalue weighted by molar-refractivity contribution is 6.27. The topological polar surface area (TPSA) is 0 Å². The predicted molar refractivity (Wildman–Crippen MR) is 68.0 cm³/mol. The first-order valence-electron chi connectivity index (χ1n) is 6.50. The molecule has 0 aliphatic heterocycles. The molecule has 88 valence electrons. The van der Waals surface area contributed by atoms with Gasteiger partial charge in [-0.3, -0.25) is 0 Å². The van der Waals surface area contributed by atoms with E-state index in [2.05, 4.69) is 0 Å². The molecular weight excluding hydrogens is 227 g/mol. The zero-order valence-electron chi connectivity index (χ0n) is 9.53. The Balaban J connectivity index is 1.93. The van der Waals surface area contributed by atoms with Crippen LogP contribution in [-0.2, 0) is 0 Å². The van der Waals surface area contributed by atoms with Gasteiger partial charge in [-0.15, -0.1) is 23.2 Å². The summed E-state index contributed by atoms with van der Waals surface area (Å²) in [5.74, 6) is 0. The first kappa shape index (κ1) is 12.0. The first-order chi connectivity index (χ1) is 7.12. The Hall–Kier alpha value is 0.580. The Morgan fingerprint density at radius 2 is 0.933 bits per heavy atom. The van der Waals surface area contributed by atoms with E-state index in [1.54, 1.807) is 0 Å². The predicted octanol–water partition coefficient (Wildman–Crippen LogP) is 5.26. The van der Waals surface area contributed by atoms with Gasteiger partial charge in [-0.2, -0.15) is 0 Å². The van der Waals surface area contributed by atoms with Gasteiger partial charge < -0.3 is 0 Å². The van der Waals surface area contributed by atoms with Gasteiger partial charge in [-0.05, 0) is 32.1 Å². The van der Waals surface area contributed by atoms with Gasteiger partial charge in [0.25, 0.3) is 0 Å². The summed E-state index contributed by atoms with van der Waals surface area (Å²) in [7, 11) is 0. The standard InChI is InChI=1S/C13H22Cl2/c14-12(7-3-1-4-8-12)11-13(15)9-5-2-6-10-13/h1-11H2. The summed E-state index contributed by atoms with van der Waals surface area (Å²) in [4.78, 5) is 0.0781. The highest BCUT2D eigenvalue weighted by Crippen LogP contribution is 2.47. The minimum Gasteiger partial charge on any atom is -0.119 e. The van der Waals surface area contributed by atoms with Gasteiger partial charge in [0.2, 0.25) is 0 Å². The Bertz CT molecular complexity index is 179. The highest BCUT2D eigenvalue weighted by atomic mass is 35.5. The smallest absolute Gasteiger partial charge is 0.0463 e. The molecule has 0 radical (unpaired) electrons. The lowest BCUT2D eigenvalue weighted by atomic mass is 9.76. The maximum Gasteiger partial charge on any atom is 0.0463 e. The van der Waals surface area contributed by atoms with E-state index in [0.29, 0.717) is 0 Å². The molecule has 0 nitrogen and oxygen atoms in total. The fraction of sp³-hybridized carbons (Fsp3) is 1.00. The van der Waals surface area contributed by atoms with Gasteiger partial charge in [0.1, 0.15) is 0 Å². The van der Waals surface area contributed by atoms with Gasteiger partial charge in [-0.25, -0.2) is 0 Å². The minimum absolute atomic E-state index is 0.0390. The fourth-order valence-corrected chi connectivity index (χ4v) is 4.41. The normalized spacial score (nSPS) is 30.0. The zero-order valence-corrected chi connectivity index (χ0v) is 11.0. The molecule has 0 aromatic rings. The molecule has 2 fully saturated rings. The molecule has 0 aromatic carbocycles. The van der Waals surface area contributed by atoms with E-state index in [-0.39, 0.29) is 9.75 Å². The van der Waals surface area contributed by atoms with E-state index in [4.69, 9.17) is 23.2 Å². The summed E-state index contributed by atoms with van der Waals surface area (Å²) < 4.78 is 0. The van der Waals surface area contributed by atoms with Crippen LogP contribution in [0.25, 0.3) is 0 Å². The minimum atomic E-state index is 0.0390. The van der Waals surface area contributed by atoms with Crippen molar-refractivity contribution in [3.05, 3.63) is 0 Å². The van der Waals surface area contributed by atoms with Crippen molar-refractivity contribution >= 4 is 23.2 Å². The van der Waals surface area contributed by atoms with E-state index in [0.717, 1.165) is 6.42 Å². The van der Waals surface area contributed by atoms with Gasteiger partial charge in [0.15, 0.2) is 0 Å². The van der Waals surface area contributed by atoms with Gasteiger partial charge >= 0.3 is 0 Å². The van der Waals surface area contributed by atoms with Crippen LogP contribution in [0.4, 0.5) is 0 Å². The quantitative estimate of drug-likeness (QED) is 0.585. The molecular formula is C13H22Cl2. The van der Waals surface area contributed by atoms with Crippen LogP contribution in [0.3, 0.4) is 0 Å². The van der Waals surface area contributed by atoms with Crippen LogP contribution in [0.1, 0.15) is 70.6 Å². The monoisotopic (exact) mass is 248 g/mol. The Morgan fingerprint density at radius 3 is 1.27 bits per heavy atom. The van der Waals surface area contributed by atoms with Crippen LogP contribution in [0.15, 0.2) is 0 Å². The van der Waals surface area contributed by atoms with Crippen LogP contribution in [0.2, 0.25) is 0 Å². The molecule has 15 heavy (non-hydrogen) atoms. The molecule has 0 aromatic heterocycles. The second kappa shape index (κ2) is 4.84. The lowest BCUT2D eigenvalue weighted by molar-refractivity contribution is 0.284. The molecule has 0 unspecified atom stereocenters. The number of hydrogen-bond acceptors (Lipinski definition) is 0. The lowest BCUT2D eigenvalue weighted by Gasteiger charge is -2.40. The van der Waals surface area contributed by atoms with Gasteiger partial charge in [0.05, 0.1) is 0 Å². The zero-order chi connectivity index (χ0) is 10.8. The first-order valence-corrected chi connectivity index (χ1v) is 7.26. The van der Waals surface area contributed by atoms with E-state index in [9.17, 15) is 0 Å². The molecule has 2 aliphatic rings. The van der Waals surface area contributed by atoms with Crippen molar-refractivity contribution in [1.82, 2.24) is 0 Å². The highest BCUT2D eigenvalue weighted by Gasteiger charge is 2.40. The molecule has 0 bridgehead atoms. The summed E-state index contributed by atoms with van der Waals surface area (Å²) >= 11 is 13.4. The average molecular weight is 249 g/mol. The van der Waals surface area contributed by atoms with Crippen molar-refractivity contribution in [3.8, 4) is 0 Å². The number of alkyl halides is 2. The average Bonchev–Trinajstić information content (AvgIpc) is 2.18. The Morgan fingerprint density at radius 1 is 0.600 bits per heavy atom. The third-order valence-electron chi connectivity index (χ3n) is 4.13. The lowest BCUT2D eigenvalue weighted by Crippen LogP contribution is -2.37. The molecule has 0 saturated heterocycles. The number of halogens is 2. The second-order valence-corrected chi connectivity index (χ2v) is 7.20. The Kier molecular flexibility index (Phi) is 3.88. The molecule has 2 aliphatic carbocycles. The van der Waals surface area contributed by atoms with Crippen LogP contribution in [0, 0.1) is 0 Å². The summed E-state index contributed by atoms with van der Waals surface area (Å²) in [6, 6.07) is 0. The molecule has 0 N–H and O–H groups in total. The Labute approximate surface area is 104 Å². The molecule has 2 rings (SSSR count). The summed E-state index contributed by atoms with van der Waals surface area (Å²) in [6.45, 7) is 0. The van der Waals surface area contributed by atoms with Crippen LogP contribution in [0.5, 0.6) is 0 Å². The maximum atomic E-state index is 6.71. The molecule has 0 atom stereocenters. The van der Waals surface area contributed by atoms with Crippen LogP contribution < -0.4 is 0 Å².